The van der Waals surface area contributed by atoms with Crippen LogP contribution in [0.25, 0.3) is 0 Å². The van der Waals surface area contributed by atoms with Crippen molar-refractivity contribution in [3.05, 3.63) is 10.1 Å². The van der Waals surface area contributed by atoms with Crippen molar-refractivity contribution < 1.29 is 179 Å². The lowest BCUT2D eigenvalue weighted by molar-refractivity contribution is -0.742. The fourth-order valence-corrected chi connectivity index (χ4v) is 10.5. The van der Waals surface area contributed by atoms with Gasteiger partial charge in [0.15, 0.2) is 44.0 Å². The molecule has 35 atom stereocenters. The van der Waals surface area contributed by atoms with Gasteiger partial charge in [0.1, 0.15) is 171 Å². The quantitative estimate of drug-likeness (QED) is 0.0831. The molecule has 0 aromatic rings. The molecule has 21 aliphatic rings. The van der Waals surface area contributed by atoms with E-state index in [1.165, 1.54) is 0 Å². The van der Waals surface area contributed by atoms with Crippen LogP contribution in [0, 0.1) is 10.1 Å². The number of rotatable bonds is 7. The number of aliphatic hydroxyl groups is 20. The second-order valence-electron chi connectivity index (χ2n) is 19.9. The van der Waals surface area contributed by atoms with Crippen molar-refractivity contribution in [3.63, 3.8) is 0 Å². The van der Waals surface area contributed by atoms with E-state index < -0.39 is 266 Å². The van der Waals surface area contributed by atoms with Crippen LogP contribution in [0.2, 0.25) is 0 Å². The summed E-state index contributed by atoms with van der Waals surface area (Å²) in [7, 11) is 0. The first kappa shape index (κ1) is 66.3. The van der Waals surface area contributed by atoms with Gasteiger partial charge in [-0.05, 0) is 0 Å². The predicted octanol–water partition coefficient (Wildman–Crippen LogP) is -15.6. The van der Waals surface area contributed by atoms with Gasteiger partial charge in [0.2, 0.25) is 0 Å². The lowest BCUT2D eigenvalue weighted by Crippen LogP contribution is -2.68. The van der Waals surface area contributed by atoms with Crippen LogP contribution >= 0.6 is 0 Å². The molecule has 0 radical (unpaired) electrons. The maximum absolute atomic E-state index is 11.4. The van der Waals surface area contributed by atoms with E-state index in [-0.39, 0.29) is 0 Å². The molecule has 0 amide bonds. The highest BCUT2D eigenvalue weighted by molar-refractivity contribution is 5.02. The van der Waals surface area contributed by atoms with Gasteiger partial charge in [0.05, 0.1) is 39.6 Å². The molecule has 21 saturated heterocycles. The largest absolute Gasteiger partial charge is 0.394 e. The van der Waals surface area contributed by atoms with Gasteiger partial charge in [-0.1, -0.05) is 0 Å². The Morgan fingerprint density at radius 3 is 0.519 bits per heavy atom. The minimum absolute atomic E-state index is 0.547. The molecule has 0 saturated carbocycles. The van der Waals surface area contributed by atoms with E-state index in [2.05, 4.69) is 0 Å². The summed E-state index contributed by atoms with van der Waals surface area (Å²) in [4.78, 5) is 8.36. The van der Waals surface area contributed by atoms with Crippen molar-refractivity contribution in [1.82, 2.24) is 0 Å². The van der Waals surface area contributed by atoms with Crippen LogP contribution < -0.4 is 5.73 Å². The Balaban J connectivity index is 0.00000229. The summed E-state index contributed by atoms with van der Waals surface area (Å²) < 4.78 is 79.9. The normalized spacial score (nSPS) is 52.9. The lowest BCUT2D eigenvalue weighted by atomic mass is 9.95. The smallest absolute Gasteiger partial charge is 0.291 e. The molecule has 0 aliphatic carbocycles. The third-order valence-electron chi connectivity index (χ3n) is 14.8. The van der Waals surface area contributed by atoms with Crippen LogP contribution in [0.15, 0.2) is 0 Å². The van der Waals surface area contributed by atoms with Crippen LogP contribution in [0.5, 0.6) is 0 Å². The van der Waals surface area contributed by atoms with Gasteiger partial charge in [-0.3, -0.25) is 0 Å². The van der Waals surface area contributed by atoms with E-state index in [0.29, 0.717) is 0 Å². The Morgan fingerprint density at radius 1 is 0.272 bits per heavy atom. The minimum Gasteiger partial charge on any atom is -0.394 e. The van der Waals surface area contributed by atoms with Crippen molar-refractivity contribution in [3.8, 4) is 0 Å². The molecular weight excluding hydrogens is 1120 g/mol. The summed E-state index contributed by atoms with van der Waals surface area (Å²) >= 11 is 0. The van der Waals surface area contributed by atoms with Gasteiger partial charge in [0, 0.05) is 6.54 Å². The van der Waals surface area contributed by atoms with Gasteiger partial charge in [-0.15, -0.1) is 10.1 Å². The molecule has 0 spiro atoms. The Bertz CT molecular complexity index is 1580. The van der Waals surface area contributed by atoms with E-state index in [1.807, 2.05) is 0 Å². The van der Waals surface area contributed by atoms with E-state index in [0.717, 1.165) is 0 Å². The Labute approximate surface area is 455 Å². The molecule has 21 aliphatic heterocycles. The summed E-state index contributed by atoms with van der Waals surface area (Å²) in [6.45, 7) is -6.75. The van der Waals surface area contributed by atoms with Gasteiger partial charge in [-0.25, -0.2) is 0 Å². The number of nitrogens with zero attached hydrogens (tertiary/aromatic N) is 1. The van der Waals surface area contributed by atoms with E-state index in [9.17, 15) is 102 Å². The minimum atomic E-state index is -2.20. The zero-order valence-electron chi connectivity index (χ0n) is 42.1. The maximum atomic E-state index is 11.4. The van der Waals surface area contributed by atoms with Crippen molar-refractivity contribution in [1.29, 1.82) is 0 Å². The van der Waals surface area contributed by atoms with E-state index in [4.69, 9.17) is 87.4 Å². The van der Waals surface area contributed by atoms with Gasteiger partial charge >= 0.3 is 0 Å². The molecule has 21 fully saturated rings. The summed E-state index contributed by atoms with van der Waals surface area (Å²) in [6, 6.07) is 0. The van der Waals surface area contributed by atoms with Crippen LogP contribution in [-0.4, -0.2) is 374 Å². The first-order valence-electron chi connectivity index (χ1n) is 25.3. The Hall–Kier alpha value is -2.20. The molecule has 472 valence electrons. The topological polar surface area (TPSA) is 623 Å². The van der Waals surface area contributed by atoms with Crippen molar-refractivity contribution >= 4 is 0 Å². The highest BCUT2D eigenvalue weighted by atomic mass is 16.9. The fourth-order valence-electron chi connectivity index (χ4n) is 10.5. The molecule has 0 aromatic carbocycles. The number of ether oxygens (including phenoxy) is 14. The Morgan fingerprint density at radius 2 is 0.395 bits per heavy atom. The van der Waals surface area contributed by atoms with E-state index >= 15 is 0 Å². The zero-order valence-corrected chi connectivity index (χ0v) is 42.1. The molecule has 21 heterocycles. The zero-order chi connectivity index (χ0) is 59.6. The van der Waals surface area contributed by atoms with Crippen LogP contribution in [0.1, 0.15) is 0 Å². The van der Waals surface area contributed by atoms with Gasteiger partial charge in [0.25, 0.3) is 5.09 Å². The summed E-state index contributed by atoms with van der Waals surface area (Å²) in [5.41, 5.74) is 5.94. The first-order valence-corrected chi connectivity index (χ1v) is 25.3. The number of nitrogens with two attached hydrogens (primary N) is 1. The fraction of sp³-hybridized carbons (Fsp3) is 1.00. The molecule has 14 bridgehead atoms. The van der Waals surface area contributed by atoms with Crippen LogP contribution in [-0.2, 0) is 66.3 Å². The van der Waals surface area contributed by atoms with Crippen molar-refractivity contribution in [2.45, 2.75) is 215 Å². The lowest BCUT2D eigenvalue weighted by Gasteiger charge is -2.50. The second kappa shape index (κ2) is 28.5. The SMILES string of the molecule is NC[C@H]1O[C@@H]2O[C@H]3[C@H](O)[C@@H](O)[C@@H](O[C@H]4[C@H](O)[C@@H](O)[C@@H](O[C@H]5[C@H](O)[C@@H](O)[C@@H](O[C@H]6[C@@H](O)[C@H](O)[C@@H](O[C@H]7[C@@H](O)[C@H](O)[C@@H](O[C@H]8[C@H](O)[C@@H](O)[C@@H](O[C@H]1[C@H](O)[C@H]2O)O[C@@H]8CO)O[C@@H]7CO)O[C@@H]6CO)O[C@@H]5CO)O[C@@H]4CO)O[C@@H]3CO.O=[N+]([O-])O. The van der Waals surface area contributed by atoms with Crippen molar-refractivity contribution in [2.24, 2.45) is 5.73 Å². The number of aliphatic hydroxyl groups excluding tert-OH is 20. The molecule has 0 unspecified atom stereocenters. The molecule has 23 N–H and O–H groups in total. The molecule has 21 rings (SSSR count). The van der Waals surface area contributed by atoms with Gasteiger partial charge < -0.3 is 179 Å². The average Bonchev–Trinajstić information content (AvgIpc) is 3.65. The third kappa shape index (κ3) is 13.8. The Kier molecular flexibility index (Phi) is 23.4. The monoisotopic (exact) mass is 1200 g/mol. The standard InChI is InChI=1S/C42H71NO34.HNO3/c43-1-8-29-15(50)22(57)36(64-8)72-30-9(2-44)66-38(24(59)17(30)52)74-32-11(4-46)68-40(26(61)19(32)54)76-34-13(6-48)70-42(28(63)21(34)56)77-35-14(7-49)69-41(27(62)20(35)55)75-33-12(5-47)67-39(25(60)18(33)53)73-31-10(3-45)65-37(71-29)23(58)16(31)51;2-1(3)4/h8-42,44-63H,1-7,43H2;(H,2,3,4)/t8-,9-,10-,11-,12-,13-,14-,15-,16-,17-,18+,19-,20+,21-,22-,23-,24-,25+,26-,27+,28-,29-,30-,31-,32-,33-,34-,35-,36-,37-,38-,39-,40-,41-,42-;/m1./s1. The van der Waals surface area contributed by atoms with E-state index in [1.54, 1.807) is 0 Å². The molecule has 39 nitrogen and oxygen atoms in total. The molecule has 0 aromatic heterocycles. The number of hydrogen-bond donors (Lipinski definition) is 22. The van der Waals surface area contributed by atoms with Crippen LogP contribution in [0.3, 0.4) is 0 Å². The maximum Gasteiger partial charge on any atom is 0.291 e. The van der Waals surface area contributed by atoms with Crippen molar-refractivity contribution in [2.75, 3.05) is 46.2 Å². The molecular formula is C42H72N2O37. The summed E-state index contributed by atoms with van der Waals surface area (Å²) in [5, 5.41) is 234. The van der Waals surface area contributed by atoms with Gasteiger partial charge in [-0.2, -0.15) is 0 Å². The number of hydrogen-bond acceptors (Lipinski definition) is 37. The summed E-state index contributed by atoms with van der Waals surface area (Å²) in [5.74, 6) is 0. The first-order chi connectivity index (χ1) is 38.4. The third-order valence-corrected chi connectivity index (χ3v) is 14.8. The highest BCUT2D eigenvalue weighted by Gasteiger charge is 2.59. The molecule has 39 heteroatoms. The van der Waals surface area contributed by atoms with Crippen LogP contribution in [0.4, 0.5) is 0 Å². The molecule has 81 heavy (non-hydrogen) atoms. The average molecular weight is 1200 g/mol. The summed E-state index contributed by atoms with van der Waals surface area (Å²) in [6.07, 6.45) is -69.2. The predicted molar refractivity (Wildman–Crippen MR) is 239 cm³/mol. The second-order valence-corrected chi connectivity index (χ2v) is 19.9. The highest BCUT2D eigenvalue weighted by Crippen LogP contribution is 2.39.